The molecule has 0 bridgehead atoms. The molecule has 2 atom stereocenters. The van der Waals surface area contributed by atoms with Crippen molar-refractivity contribution in [2.24, 2.45) is 11.7 Å². The Morgan fingerprint density at radius 3 is 2.67 bits per heavy atom. The topological polar surface area (TPSA) is 43.1 Å². The summed E-state index contributed by atoms with van der Waals surface area (Å²) in [4.78, 5) is 12.2. The molecular formula is C14H17F2NO. The van der Waals surface area contributed by atoms with Gasteiger partial charge in [-0.25, -0.2) is 8.78 Å². The minimum Gasteiger partial charge on any atom is -0.328 e. The van der Waals surface area contributed by atoms with E-state index in [0.717, 1.165) is 12.8 Å². The van der Waals surface area contributed by atoms with Crippen LogP contribution in [0, 0.1) is 24.5 Å². The van der Waals surface area contributed by atoms with Crippen LogP contribution in [0.15, 0.2) is 12.1 Å². The highest BCUT2D eigenvalue weighted by Crippen LogP contribution is 2.28. The number of hydrogen-bond acceptors (Lipinski definition) is 2. The first kappa shape index (κ1) is 13.1. The SMILES string of the molecule is Cc1ccc(C(=O)C2CCCC(N)C2)c(F)c1F. The van der Waals surface area contributed by atoms with Gasteiger partial charge >= 0.3 is 0 Å². The molecule has 0 amide bonds. The average Bonchev–Trinajstić information content (AvgIpc) is 2.35. The Kier molecular flexibility index (Phi) is 3.76. The van der Waals surface area contributed by atoms with Crippen LogP contribution in [-0.2, 0) is 0 Å². The van der Waals surface area contributed by atoms with Gasteiger partial charge < -0.3 is 5.73 Å². The maximum absolute atomic E-state index is 13.7. The van der Waals surface area contributed by atoms with E-state index in [0.29, 0.717) is 12.8 Å². The molecule has 0 radical (unpaired) electrons. The van der Waals surface area contributed by atoms with E-state index >= 15 is 0 Å². The monoisotopic (exact) mass is 253 g/mol. The molecule has 1 aliphatic rings. The summed E-state index contributed by atoms with van der Waals surface area (Å²) in [5.74, 6) is -2.55. The minimum atomic E-state index is -1.03. The second-order valence-electron chi connectivity index (χ2n) is 5.05. The molecule has 0 aromatic heterocycles. The van der Waals surface area contributed by atoms with Gasteiger partial charge in [0.15, 0.2) is 17.4 Å². The number of hydrogen-bond donors (Lipinski definition) is 1. The number of ketones is 1. The number of aryl methyl sites for hydroxylation is 1. The van der Waals surface area contributed by atoms with Gasteiger partial charge in [0.1, 0.15) is 0 Å². The quantitative estimate of drug-likeness (QED) is 0.823. The largest absolute Gasteiger partial charge is 0.328 e. The zero-order valence-electron chi connectivity index (χ0n) is 10.4. The average molecular weight is 253 g/mol. The Balaban J connectivity index is 2.26. The predicted molar refractivity (Wildman–Crippen MR) is 65.4 cm³/mol. The standard InChI is InChI=1S/C14H17F2NO/c1-8-5-6-11(13(16)12(8)15)14(18)9-3-2-4-10(17)7-9/h5-6,9-10H,2-4,7,17H2,1H3. The molecule has 0 aliphatic heterocycles. The molecule has 0 spiro atoms. The van der Waals surface area contributed by atoms with Gasteiger partial charge in [-0.1, -0.05) is 12.5 Å². The molecule has 1 saturated carbocycles. The van der Waals surface area contributed by atoms with Gasteiger partial charge in [0, 0.05) is 12.0 Å². The van der Waals surface area contributed by atoms with Crippen LogP contribution in [0.25, 0.3) is 0 Å². The summed E-state index contributed by atoms with van der Waals surface area (Å²) in [6.45, 7) is 1.48. The lowest BCUT2D eigenvalue weighted by Gasteiger charge is -2.25. The lowest BCUT2D eigenvalue weighted by molar-refractivity contribution is 0.0876. The normalized spacial score (nSPS) is 24.0. The number of rotatable bonds is 2. The van der Waals surface area contributed by atoms with E-state index in [4.69, 9.17) is 5.73 Å². The van der Waals surface area contributed by atoms with E-state index in [2.05, 4.69) is 0 Å². The van der Waals surface area contributed by atoms with Gasteiger partial charge in [0.2, 0.25) is 0 Å². The summed E-state index contributed by atoms with van der Waals surface area (Å²) >= 11 is 0. The van der Waals surface area contributed by atoms with Crippen molar-refractivity contribution in [1.82, 2.24) is 0 Å². The van der Waals surface area contributed by atoms with Crippen molar-refractivity contribution >= 4 is 5.78 Å². The Morgan fingerprint density at radius 1 is 1.28 bits per heavy atom. The van der Waals surface area contributed by atoms with Crippen LogP contribution >= 0.6 is 0 Å². The number of carbonyl (C=O) groups excluding carboxylic acids is 1. The molecule has 1 aromatic rings. The van der Waals surface area contributed by atoms with E-state index in [9.17, 15) is 13.6 Å². The van der Waals surface area contributed by atoms with Crippen molar-refractivity contribution < 1.29 is 13.6 Å². The molecule has 1 aromatic carbocycles. The van der Waals surface area contributed by atoms with Crippen molar-refractivity contribution in [2.45, 2.75) is 38.6 Å². The van der Waals surface area contributed by atoms with Crippen LogP contribution < -0.4 is 5.73 Å². The molecule has 2 unspecified atom stereocenters. The number of carbonyl (C=O) groups is 1. The molecule has 2 nitrogen and oxygen atoms in total. The Morgan fingerprint density at radius 2 is 2.00 bits per heavy atom. The van der Waals surface area contributed by atoms with E-state index in [1.165, 1.54) is 19.1 Å². The summed E-state index contributed by atoms with van der Waals surface area (Å²) in [6.07, 6.45) is 3.04. The van der Waals surface area contributed by atoms with Crippen molar-refractivity contribution in [3.63, 3.8) is 0 Å². The summed E-state index contributed by atoms with van der Waals surface area (Å²) in [5, 5.41) is 0. The van der Waals surface area contributed by atoms with Crippen molar-refractivity contribution in [1.29, 1.82) is 0 Å². The number of Topliss-reactive ketones (excluding diaryl/α,β-unsaturated/α-hetero) is 1. The zero-order chi connectivity index (χ0) is 13.3. The molecule has 4 heteroatoms. The third-order valence-electron chi connectivity index (χ3n) is 3.63. The smallest absolute Gasteiger partial charge is 0.169 e. The first-order chi connectivity index (χ1) is 8.50. The summed E-state index contributed by atoms with van der Waals surface area (Å²) in [5.41, 5.74) is 5.88. The molecule has 0 heterocycles. The third kappa shape index (κ3) is 2.43. The molecule has 18 heavy (non-hydrogen) atoms. The van der Waals surface area contributed by atoms with Crippen molar-refractivity contribution in [3.8, 4) is 0 Å². The summed E-state index contributed by atoms with van der Waals surface area (Å²) in [7, 11) is 0. The molecule has 2 N–H and O–H groups in total. The fourth-order valence-corrected chi connectivity index (χ4v) is 2.52. The Labute approximate surface area is 105 Å². The maximum Gasteiger partial charge on any atom is 0.169 e. The van der Waals surface area contributed by atoms with Gasteiger partial charge in [-0.05, 0) is 37.8 Å². The molecule has 1 fully saturated rings. The maximum atomic E-state index is 13.7. The molecule has 1 aliphatic carbocycles. The fraction of sp³-hybridized carbons (Fsp3) is 0.500. The van der Waals surface area contributed by atoms with Gasteiger partial charge in [-0.15, -0.1) is 0 Å². The second kappa shape index (κ2) is 5.14. The van der Waals surface area contributed by atoms with Gasteiger partial charge in [0.25, 0.3) is 0 Å². The third-order valence-corrected chi connectivity index (χ3v) is 3.63. The fourth-order valence-electron chi connectivity index (χ4n) is 2.52. The zero-order valence-corrected chi connectivity index (χ0v) is 10.4. The highest BCUT2D eigenvalue weighted by Gasteiger charge is 2.28. The molecular weight excluding hydrogens is 236 g/mol. The van der Waals surface area contributed by atoms with E-state index in [1.807, 2.05) is 0 Å². The van der Waals surface area contributed by atoms with E-state index in [-0.39, 0.29) is 28.9 Å². The van der Waals surface area contributed by atoms with Crippen LogP contribution in [0.4, 0.5) is 8.78 Å². The van der Waals surface area contributed by atoms with Crippen LogP contribution in [0.1, 0.15) is 41.6 Å². The van der Waals surface area contributed by atoms with Crippen LogP contribution in [0.5, 0.6) is 0 Å². The van der Waals surface area contributed by atoms with Crippen molar-refractivity contribution in [3.05, 3.63) is 34.9 Å². The minimum absolute atomic E-state index is 0.00828. The number of halogens is 2. The summed E-state index contributed by atoms with van der Waals surface area (Å²) < 4.78 is 27.2. The lowest BCUT2D eigenvalue weighted by Crippen LogP contribution is -2.32. The van der Waals surface area contributed by atoms with Crippen LogP contribution in [-0.4, -0.2) is 11.8 Å². The van der Waals surface area contributed by atoms with E-state index in [1.54, 1.807) is 0 Å². The highest BCUT2D eigenvalue weighted by atomic mass is 19.2. The Bertz CT molecular complexity index is 473. The highest BCUT2D eigenvalue weighted by molar-refractivity contribution is 5.98. The second-order valence-corrected chi connectivity index (χ2v) is 5.05. The van der Waals surface area contributed by atoms with Gasteiger partial charge in [-0.3, -0.25) is 4.79 Å². The van der Waals surface area contributed by atoms with Crippen LogP contribution in [0.2, 0.25) is 0 Å². The van der Waals surface area contributed by atoms with E-state index < -0.39 is 11.6 Å². The number of benzene rings is 1. The molecule has 2 rings (SSSR count). The summed E-state index contributed by atoms with van der Waals surface area (Å²) in [6, 6.07) is 2.80. The van der Waals surface area contributed by atoms with Gasteiger partial charge in [-0.2, -0.15) is 0 Å². The van der Waals surface area contributed by atoms with Crippen LogP contribution in [0.3, 0.4) is 0 Å². The Hall–Kier alpha value is -1.29. The molecule has 0 saturated heterocycles. The predicted octanol–water partition coefficient (Wildman–Crippen LogP) is 2.97. The number of nitrogens with two attached hydrogens (primary N) is 1. The first-order valence-corrected chi connectivity index (χ1v) is 6.25. The lowest BCUT2D eigenvalue weighted by atomic mass is 9.81. The van der Waals surface area contributed by atoms with Gasteiger partial charge in [0.05, 0.1) is 5.56 Å². The molecule has 98 valence electrons. The van der Waals surface area contributed by atoms with Crippen molar-refractivity contribution in [2.75, 3.05) is 0 Å². The first-order valence-electron chi connectivity index (χ1n) is 6.25.